The fourth-order valence-corrected chi connectivity index (χ4v) is 6.25. The lowest BCUT2D eigenvalue weighted by molar-refractivity contribution is -0.883. The van der Waals surface area contributed by atoms with Crippen LogP contribution in [0.25, 0.3) is 0 Å². The highest BCUT2D eigenvalue weighted by atomic mass is 31.2. The number of rotatable bonds is 23. The molecule has 2 atom stereocenters. The van der Waals surface area contributed by atoms with Gasteiger partial charge in [-0.05, 0) is 38.5 Å². The molecule has 0 spiro atoms. The first-order valence-electron chi connectivity index (χ1n) is 13.7. The molecule has 0 aromatic rings. The van der Waals surface area contributed by atoms with Gasteiger partial charge < -0.3 is 13.9 Å². The van der Waals surface area contributed by atoms with E-state index in [0.717, 1.165) is 25.7 Å². The van der Waals surface area contributed by atoms with Crippen LogP contribution >= 0.6 is 7.60 Å². The van der Waals surface area contributed by atoms with E-state index in [-0.39, 0.29) is 5.78 Å². The summed E-state index contributed by atoms with van der Waals surface area (Å²) >= 11 is 0. The van der Waals surface area contributed by atoms with Crippen molar-refractivity contribution in [3.05, 3.63) is 12.2 Å². The summed E-state index contributed by atoms with van der Waals surface area (Å²) in [4.78, 5) is 10.4. The smallest absolute Gasteiger partial charge is 0.320 e. The maximum Gasteiger partial charge on any atom is 0.385 e. The molecule has 0 saturated heterocycles. The highest BCUT2D eigenvalue weighted by molar-refractivity contribution is 7.53. The van der Waals surface area contributed by atoms with Gasteiger partial charge in [0.2, 0.25) is 0 Å². The summed E-state index contributed by atoms with van der Waals surface area (Å²) < 4.78 is 18.6. The van der Waals surface area contributed by atoms with E-state index in [1.54, 1.807) is 0 Å². The summed E-state index contributed by atoms with van der Waals surface area (Å²) in [5, 5.41) is 0. The molecule has 2 unspecified atom stereocenters. The number of hydrogen-bond acceptors (Lipinski definition) is 2. The van der Waals surface area contributed by atoms with Crippen LogP contribution in [0.2, 0.25) is 0 Å². The van der Waals surface area contributed by atoms with Crippen molar-refractivity contribution >= 4 is 7.60 Å². The monoisotopic (exact) mass is 474 g/mol. The Hall–Kier alpha value is -0.150. The molecule has 32 heavy (non-hydrogen) atoms. The lowest BCUT2D eigenvalue weighted by Crippen LogP contribution is -2.45. The lowest BCUT2D eigenvalue weighted by Gasteiger charge is -2.35. The molecule has 0 heterocycles. The van der Waals surface area contributed by atoms with Crippen molar-refractivity contribution in [2.24, 2.45) is 0 Å². The van der Waals surface area contributed by atoms with Gasteiger partial charge in [-0.3, -0.25) is 4.57 Å². The minimum absolute atomic E-state index is 0.344. The second-order valence-electron chi connectivity index (χ2n) is 10.4. The largest absolute Gasteiger partial charge is 0.385 e. The molecular formula is C27H57NO3P+. The highest BCUT2D eigenvalue weighted by Crippen LogP contribution is 2.51. The van der Waals surface area contributed by atoms with Crippen LogP contribution in [0, 0.1) is 0 Å². The highest BCUT2D eigenvalue weighted by Gasteiger charge is 2.41. The number of allylic oxidation sites excluding steroid dienone is 2. The standard InChI is InChI=1S/C27H56NO3P/c1-6-8-9-10-11-12-13-14-15-16-17-18-19-20-21-22-23-24-26-31-32(29,30)27(25-7-2)28(3,4)5/h20-21,27H,6-19,22-26H2,1-5H3/p+1/b21-20-. The van der Waals surface area contributed by atoms with Crippen LogP contribution in [0.1, 0.15) is 129 Å². The SMILES string of the molecule is CCCCCCCCCCCCCC/C=C\CCCCOP(=O)(O)C(CCC)[N+](C)(C)C. The van der Waals surface area contributed by atoms with Crippen molar-refractivity contribution in [2.75, 3.05) is 27.7 Å². The van der Waals surface area contributed by atoms with Crippen molar-refractivity contribution in [1.82, 2.24) is 0 Å². The summed E-state index contributed by atoms with van der Waals surface area (Å²) in [6.07, 6.45) is 27.0. The Morgan fingerprint density at radius 1 is 0.719 bits per heavy atom. The van der Waals surface area contributed by atoms with Gasteiger partial charge in [-0.2, -0.15) is 0 Å². The fourth-order valence-electron chi connectivity index (χ4n) is 4.23. The zero-order valence-electron chi connectivity index (χ0n) is 22.3. The third kappa shape index (κ3) is 18.3. The van der Waals surface area contributed by atoms with Crippen molar-refractivity contribution in [2.45, 2.75) is 135 Å². The molecule has 5 heteroatoms. The van der Waals surface area contributed by atoms with Crippen molar-refractivity contribution in [3.63, 3.8) is 0 Å². The average Bonchev–Trinajstić information content (AvgIpc) is 2.72. The topological polar surface area (TPSA) is 46.5 Å². The molecule has 0 radical (unpaired) electrons. The van der Waals surface area contributed by atoms with Crippen LogP contribution < -0.4 is 0 Å². The van der Waals surface area contributed by atoms with E-state index >= 15 is 0 Å². The summed E-state index contributed by atoms with van der Waals surface area (Å²) in [6.45, 7) is 4.70. The Morgan fingerprint density at radius 2 is 1.16 bits per heavy atom. The summed E-state index contributed by atoms with van der Waals surface area (Å²) in [6, 6.07) is 0. The Labute approximate surface area is 201 Å². The zero-order valence-corrected chi connectivity index (χ0v) is 23.2. The first kappa shape index (κ1) is 31.9. The van der Waals surface area contributed by atoms with Crippen LogP contribution in [0.15, 0.2) is 12.2 Å². The first-order chi connectivity index (χ1) is 15.3. The Kier molecular flexibility index (Phi) is 20.1. The molecule has 0 aliphatic rings. The number of hydrogen-bond donors (Lipinski definition) is 1. The van der Waals surface area contributed by atoms with Gasteiger partial charge in [0.25, 0.3) is 0 Å². The molecule has 4 nitrogen and oxygen atoms in total. The molecule has 0 aliphatic heterocycles. The van der Waals surface area contributed by atoms with Crippen LogP contribution in [0.5, 0.6) is 0 Å². The Balaban J connectivity index is 3.57. The van der Waals surface area contributed by atoms with E-state index in [2.05, 4.69) is 19.1 Å². The molecule has 192 valence electrons. The molecule has 0 bridgehead atoms. The summed E-state index contributed by atoms with van der Waals surface area (Å²) in [7, 11) is 2.32. The Bertz CT molecular complexity index is 488. The van der Waals surface area contributed by atoms with E-state index < -0.39 is 7.60 Å². The minimum Gasteiger partial charge on any atom is -0.320 e. The van der Waals surface area contributed by atoms with Crippen LogP contribution in [-0.4, -0.2) is 42.9 Å². The van der Waals surface area contributed by atoms with Gasteiger partial charge in [-0.1, -0.05) is 96.6 Å². The Morgan fingerprint density at radius 3 is 1.59 bits per heavy atom. The molecule has 0 fully saturated rings. The van der Waals surface area contributed by atoms with Gasteiger partial charge >= 0.3 is 7.60 Å². The van der Waals surface area contributed by atoms with E-state index in [4.69, 9.17) is 4.52 Å². The maximum atomic E-state index is 12.6. The molecular weight excluding hydrogens is 417 g/mol. The zero-order chi connectivity index (χ0) is 24.1. The lowest BCUT2D eigenvalue weighted by atomic mass is 10.0. The second-order valence-corrected chi connectivity index (χ2v) is 12.4. The molecule has 0 aromatic heterocycles. The number of nitrogens with zero attached hydrogens (tertiary/aromatic N) is 1. The summed E-state index contributed by atoms with van der Waals surface area (Å²) in [5.41, 5.74) is 0. The number of unbranched alkanes of at least 4 members (excludes halogenated alkanes) is 14. The van der Waals surface area contributed by atoms with Gasteiger partial charge in [0, 0.05) is 6.42 Å². The fraction of sp³-hybridized carbons (Fsp3) is 0.926. The van der Waals surface area contributed by atoms with E-state index in [0.29, 0.717) is 17.5 Å². The van der Waals surface area contributed by atoms with E-state index in [1.807, 2.05) is 28.1 Å². The predicted molar refractivity (Wildman–Crippen MR) is 141 cm³/mol. The predicted octanol–water partition coefficient (Wildman–Crippen LogP) is 8.84. The minimum atomic E-state index is -3.58. The summed E-state index contributed by atoms with van der Waals surface area (Å²) in [5.74, 6) is -0.344. The average molecular weight is 475 g/mol. The molecule has 0 rings (SSSR count). The van der Waals surface area contributed by atoms with Crippen LogP contribution in [0.4, 0.5) is 0 Å². The van der Waals surface area contributed by atoms with Crippen molar-refractivity contribution in [1.29, 1.82) is 0 Å². The van der Waals surface area contributed by atoms with Crippen LogP contribution in [0.3, 0.4) is 0 Å². The third-order valence-electron chi connectivity index (χ3n) is 6.25. The van der Waals surface area contributed by atoms with Gasteiger partial charge in [0.05, 0.1) is 27.7 Å². The third-order valence-corrected chi connectivity index (χ3v) is 8.51. The maximum absolute atomic E-state index is 12.6. The quantitative estimate of drug-likeness (QED) is 0.0696. The molecule has 0 aliphatic carbocycles. The van der Waals surface area contributed by atoms with E-state index in [1.165, 1.54) is 83.5 Å². The van der Waals surface area contributed by atoms with Gasteiger partial charge in [0.15, 0.2) is 5.78 Å². The van der Waals surface area contributed by atoms with Gasteiger partial charge in [0.1, 0.15) is 0 Å². The van der Waals surface area contributed by atoms with Crippen molar-refractivity contribution in [3.8, 4) is 0 Å². The van der Waals surface area contributed by atoms with Crippen LogP contribution in [-0.2, 0) is 9.09 Å². The van der Waals surface area contributed by atoms with Gasteiger partial charge in [-0.25, -0.2) is 0 Å². The van der Waals surface area contributed by atoms with Gasteiger partial charge in [-0.15, -0.1) is 0 Å². The second kappa shape index (κ2) is 20.2. The molecule has 0 saturated carbocycles. The molecule has 1 N–H and O–H groups in total. The normalized spacial score (nSPS) is 15.3. The number of quaternary nitrogens is 1. The first-order valence-corrected chi connectivity index (χ1v) is 15.3. The molecule has 0 amide bonds. The van der Waals surface area contributed by atoms with E-state index in [9.17, 15) is 9.46 Å². The molecule has 0 aromatic carbocycles. The van der Waals surface area contributed by atoms with Crippen molar-refractivity contribution < 1.29 is 18.5 Å².